The molecule has 0 saturated heterocycles. The summed E-state index contributed by atoms with van der Waals surface area (Å²) in [5.74, 6) is 0. The van der Waals surface area contributed by atoms with Crippen LogP contribution in [0.3, 0.4) is 0 Å². The molecule has 132 valence electrons. The van der Waals surface area contributed by atoms with Gasteiger partial charge in [0.2, 0.25) is 0 Å². The molecule has 0 spiro atoms. The van der Waals surface area contributed by atoms with Gasteiger partial charge in [-0.1, -0.05) is 18.2 Å². The number of hydrogen-bond donors (Lipinski definition) is 2. The lowest BCUT2D eigenvalue weighted by Crippen LogP contribution is -2.20. The molecule has 0 aliphatic rings. The molecule has 1 atom stereocenters. The molecule has 0 aliphatic carbocycles. The van der Waals surface area contributed by atoms with E-state index in [1.807, 2.05) is 12.1 Å². The normalized spacial score (nSPS) is 14.6. The Labute approximate surface area is 142 Å². The Kier molecular flexibility index (Phi) is 4.29. The summed E-state index contributed by atoms with van der Waals surface area (Å²) in [5.41, 5.74) is 1.04. The highest BCUT2D eigenvalue weighted by Gasteiger charge is 2.30. The van der Waals surface area contributed by atoms with E-state index in [0.717, 1.165) is 17.5 Å². The maximum Gasteiger partial charge on any atom is 0.416 e. The van der Waals surface area contributed by atoms with Crippen molar-refractivity contribution in [2.24, 2.45) is 0 Å². The minimum atomic E-state index is -4.39. The quantitative estimate of drug-likeness (QED) is 0.737. The van der Waals surface area contributed by atoms with E-state index >= 15 is 0 Å². The van der Waals surface area contributed by atoms with Gasteiger partial charge in [0.25, 0.3) is 0 Å². The summed E-state index contributed by atoms with van der Waals surface area (Å²) < 4.78 is 61.2. The molecule has 0 aliphatic heterocycles. The first kappa shape index (κ1) is 17.4. The molecule has 1 aromatic heterocycles. The monoisotopic (exact) mass is 368 g/mol. The Bertz CT molecular complexity index is 1010. The molecule has 2 N–H and O–H groups in total. The zero-order valence-corrected chi connectivity index (χ0v) is 14.0. The average Bonchev–Trinajstić information content (AvgIpc) is 2.90. The number of halogens is 3. The van der Waals surface area contributed by atoms with E-state index < -0.39 is 21.7 Å². The topological polar surface area (TPSA) is 70.8 Å². The van der Waals surface area contributed by atoms with Gasteiger partial charge in [-0.05, 0) is 30.3 Å². The number of para-hydroxylation sites is 1. The van der Waals surface area contributed by atoms with Crippen LogP contribution in [0.4, 0.5) is 13.2 Å². The van der Waals surface area contributed by atoms with Crippen molar-refractivity contribution < 1.29 is 17.4 Å². The predicted molar refractivity (Wildman–Crippen MR) is 89.7 cm³/mol. The molecule has 3 rings (SSSR count). The van der Waals surface area contributed by atoms with E-state index in [4.69, 9.17) is 4.78 Å². The molecule has 0 bridgehead atoms. The van der Waals surface area contributed by atoms with Crippen LogP contribution in [-0.4, -0.2) is 20.2 Å². The number of benzene rings is 2. The van der Waals surface area contributed by atoms with Gasteiger partial charge in [-0.2, -0.15) is 18.3 Å². The molecule has 3 aromatic rings. The predicted octanol–water partition coefficient (Wildman–Crippen LogP) is 3.73. The van der Waals surface area contributed by atoms with Gasteiger partial charge < -0.3 is 0 Å². The second kappa shape index (κ2) is 6.16. The summed E-state index contributed by atoms with van der Waals surface area (Å²) in [6.45, 7) is 0.118. The highest BCUT2D eigenvalue weighted by atomic mass is 32.2. The lowest BCUT2D eigenvalue weighted by Gasteiger charge is -2.08. The van der Waals surface area contributed by atoms with E-state index in [9.17, 15) is 17.4 Å². The fourth-order valence-corrected chi connectivity index (χ4v) is 2.87. The summed E-state index contributed by atoms with van der Waals surface area (Å²) >= 11 is 0. The van der Waals surface area contributed by atoms with Crippen LogP contribution in [-0.2, 0) is 22.6 Å². The Morgan fingerprint density at radius 1 is 1.16 bits per heavy atom. The second-order valence-corrected chi connectivity index (χ2v) is 7.56. The van der Waals surface area contributed by atoms with Crippen LogP contribution in [0.2, 0.25) is 0 Å². The van der Waals surface area contributed by atoms with Crippen molar-refractivity contribution in [3.8, 4) is 5.69 Å². The third-order valence-corrected chi connectivity index (χ3v) is 4.31. The number of nitrogens with one attached hydrogen (secondary N) is 2. The van der Waals surface area contributed by atoms with Crippen molar-refractivity contribution in [1.82, 2.24) is 14.5 Å². The average molecular weight is 368 g/mol. The van der Waals surface area contributed by atoms with Gasteiger partial charge in [-0.3, -0.25) is 0 Å². The van der Waals surface area contributed by atoms with Crippen molar-refractivity contribution in [2.45, 2.75) is 12.7 Å². The molecule has 0 fully saturated rings. The first-order valence-corrected chi connectivity index (χ1v) is 9.24. The SMILES string of the molecule is CS(=N)(=O)NCc1nn(-c2ccc(C(F)(F)F)cc2)c2ccccc12. The van der Waals surface area contributed by atoms with Crippen LogP contribution in [0.15, 0.2) is 48.5 Å². The molecule has 0 saturated carbocycles. The minimum absolute atomic E-state index is 0.118. The van der Waals surface area contributed by atoms with Crippen molar-refractivity contribution >= 4 is 20.8 Å². The Hall–Kier alpha value is -2.39. The largest absolute Gasteiger partial charge is 0.416 e. The van der Waals surface area contributed by atoms with Gasteiger partial charge in [0, 0.05) is 11.6 Å². The molecular formula is C16H15F3N4OS. The number of rotatable bonds is 4. The summed E-state index contributed by atoms with van der Waals surface area (Å²) in [7, 11) is -2.89. The lowest BCUT2D eigenvalue weighted by molar-refractivity contribution is -0.137. The fourth-order valence-electron chi connectivity index (χ4n) is 2.46. The highest BCUT2D eigenvalue weighted by Crippen LogP contribution is 2.30. The molecule has 0 amide bonds. The van der Waals surface area contributed by atoms with Crippen molar-refractivity contribution in [3.63, 3.8) is 0 Å². The van der Waals surface area contributed by atoms with Crippen molar-refractivity contribution in [2.75, 3.05) is 6.26 Å². The smallest absolute Gasteiger partial charge is 0.241 e. The van der Waals surface area contributed by atoms with Gasteiger partial charge in [0.05, 0.1) is 29.0 Å². The molecule has 2 aromatic carbocycles. The molecule has 25 heavy (non-hydrogen) atoms. The van der Waals surface area contributed by atoms with Crippen molar-refractivity contribution in [3.05, 3.63) is 59.8 Å². The number of aromatic nitrogens is 2. The number of fused-ring (bicyclic) bond motifs is 1. The van der Waals surface area contributed by atoms with E-state index in [1.54, 1.807) is 12.1 Å². The van der Waals surface area contributed by atoms with E-state index in [1.165, 1.54) is 23.1 Å². The van der Waals surface area contributed by atoms with Crippen LogP contribution >= 0.6 is 0 Å². The van der Waals surface area contributed by atoms with Crippen LogP contribution in [0, 0.1) is 4.78 Å². The van der Waals surface area contributed by atoms with Gasteiger partial charge in [0.1, 0.15) is 9.92 Å². The lowest BCUT2D eigenvalue weighted by atomic mass is 10.2. The molecule has 9 heteroatoms. The number of hydrogen-bond acceptors (Lipinski definition) is 3. The third kappa shape index (κ3) is 3.83. The van der Waals surface area contributed by atoms with Gasteiger partial charge in [-0.25, -0.2) is 18.4 Å². The standard InChI is InChI=1S/C16H15F3N4OS/c1-25(20,24)21-10-14-13-4-2-3-5-15(13)23(22-14)12-8-6-11(7-9-12)16(17,18)19/h2-9H,10H2,1H3,(H2,20,21,24). The zero-order valence-electron chi connectivity index (χ0n) is 13.2. The molecule has 5 nitrogen and oxygen atoms in total. The van der Waals surface area contributed by atoms with Crippen LogP contribution < -0.4 is 4.72 Å². The van der Waals surface area contributed by atoms with Gasteiger partial charge >= 0.3 is 6.18 Å². The Balaban J connectivity index is 2.04. The number of alkyl halides is 3. The Morgan fingerprint density at radius 2 is 1.80 bits per heavy atom. The summed E-state index contributed by atoms with van der Waals surface area (Å²) in [6.07, 6.45) is -3.13. The summed E-state index contributed by atoms with van der Waals surface area (Å²) in [5, 5.41) is 5.19. The zero-order chi connectivity index (χ0) is 18.2. The molecule has 1 heterocycles. The highest BCUT2D eigenvalue weighted by molar-refractivity contribution is 7.89. The first-order chi connectivity index (χ1) is 11.6. The second-order valence-electron chi connectivity index (χ2n) is 5.59. The third-order valence-electron chi connectivity index (χ3n) is 3.62. The van der Waals surface area contributed by atoms with E-state index in [2.05, 4.69) is 9.82 Å². The molecule has 1 unspecified atom stereocenters. The molecular weight excluding hydrogens is 353 g/mol. The van der Waals surface area contributed by atoms with Gasteiger partial charge in [-0.15, -0.1) is 0 Å². The maximum atomic E-state index is 12.7. The molecule has 0 radical (unpaired) electrons. The van der Waals surface area contributed by atoms with Gasteiger partial charge in [0.15, 0.2) is 0 Å². The van der Waals surface area contributed by atoms with Crippen molar-refractivity contribution in [1.29, 1.82) is 4.78 Å². The minimum Gasteiger partial charge on any atom is -0.241 e. The van der Waals surface area contributed by atoms with Crippen LogP contribution in [0.1, 0.15) is 11.3 Å². The Morgan fingerprint density at radius 3 is 2.40 bits per heavy atom. The van der Waals surface area contributed by atoms with Crippen LogP contribution in [0.5, 0.6) is 0 Å². The van der Waals surface area contributed by atoms with E-state index in [-0.39, 0.29) is 6.54 Å². The first-order valence-electron chi connectivity index (χ1n) is 7.28. The summed E-state index contributed by atoms with van der Waals surface area (Å²) in [4.78, 5) is 0. The maximum absolute atomic E-state index is 12.7. The fraction of sp³-hybridized carbons (Fsp3) is 0.188. The number of nitrogens with zero attached hydrogens (tertiary/aromatic N) is 2. The summed E-state index contributed by atoms with van der Waals surface area (Å²) in [6, 6.07) is 12.0. The van der Waals surface area contributed by atoms with Crippen LogP contribution in [0.25, 0.3) is 16.6 Å². The van der Waals surface area contributed by atoms with E-state index in [0.29, 0.717) is 16.9 Å².